The Morgan fingerprint density at radius 2 is 1.79 bits per heavy atom. The molecule has 172 valence electrons. The van der Waals surface area contributed by atoms with E-state index in [9.17, 15) is 4.79 Å². The first-order chi connectivity index (χ1) is 16.0. The summed E-state index contributed by atoms with van der Waals surface area (Å²) in [4.78, 5) is 22.7. The van der Waals surface area contributed by atoms with Crippen LogP contribution in [0.4, 0.5) is 5.82 Å². The van der Waals surface area contributed by atoms with Gasteiger partial charge in [0.15, 0.2) is 17.1 Å². The molecule has 2 heterocycles. The van der Waals surface area contributed by atoms with Gasteiger partial charge in [-0.2, -0.15) is 0 Å². The lowest BCUT2D eigenvalue weighted by atomic mass is 10.1. The normalized spacial score (nSPS) is 12.1. The predicted molar refractivity (Wildman–Crippen MR) is 130 cm³/mol. The number of nitrogens with one attached hydrogen (secondary N) is 1. The number of fused-ring (bicyclic) bond motifs is 2. The summed E-state index contributed by atoms with van der Waals surface area (Å²) < 4.78 is 12.6. The molecule has 33 heavy (non-hydrogen) atoms. The number of para-hydroxylation sites is 2. The highest BCUT2D eigenvalue weighted by molar-refractivity contribution is 6.10. The summed E-state index contributed by atoms with van der Waals surface area (Å²) in [5, 5.41) is 3.01. The number of ether oxygens (including phenoxy) is 2. The fourth-order valence-electron chi connectivity index (χ4n) is 3.84. The Morgan fingerprint density at radius 1 is 1.09 bits per heavy atom. The number of benzene rings is 2. The molecule has 0 saturated heterocycles. The number of carbonyl (C=O) groups is 1. The Balaban J connectivity index is 1.77. The number of hydrogen-bond donors (Lipinski definition) is 2. The first-order valence-corrected chi connectivity index (χ1v) is 11.0. The molecule has 0 spiro atoms. The number of aromatic nitrogens is 3. The van der Waals surface area contributed by atoms with E-state index in [2.05, 4.69) is 5.32 Å². The summed E-state index contributed by atoms with van der Waals surface area (Å²) in [7, 11) is 3.22. The lowest BCUT2D eigenvalue weighted by molar-refractivity contribution is 0.0941. The Bertz CT molecular complexity index is 1310. The molecule has 0 fully saturated rings. The van der Waals surface area contributed by atoms with E-state index >= 15 is 0 Å². The molecular formula is C25H29N5O3. The van der Waals surface area contributed by atoms with Crippen molar-refractivity contribution in [3.05, 3.63) is 53.6 Å². The van der Waals surface area contributed by atoms with Crippen LogP contribution in [0.2, 0.25) is 0 Å². The summed E-state index contributed by atoms with van der Waals surface area (Å²) in [6.45, 7) is 4.51. The number of nitrogen functional groups attached to an aromatic ring is 1. The van der Waals surface area contributed by atoms with Crippen LogP contribution in [0.1, 0.15) is 36.2 Å². The first kappa shape index (κ1) is 22.4. The van der Waals surface area contributed by atoms with Crippen LogP contribution in [0, 0.1) is 0 Å². The summed E-state index contributed by atoms with van der Waals surface area (Å²) in [5.41, 5.74) is 10.5. The van der Waals surface area contributed by atoms with Crippen LogP contribution in [-0.4, -0.2) is 40.7 Å². The maximum absolute atomic E-state index is 13.1. The third kappa shape index (κ3) is 4.28. The fraction of sp³-hybridized carbons (Fsp3) is 0.320. The topological polar surface area (TPSA) is 104 Å². The van der Waals surface area contributed by atoms with E-state index in [4.69, 9.17) is 25.2 Å². The second-order valence-electron chi connectivity index (χ2n) is 8.02. The smallest absolute Gasteiger partial charge is 0.257 e. The molecule has 0 unspecified atom stereocenters. The van der Waals surface area contributed by atoms with E-state index in [0.29, 0.717) is 47.0 Å². The number of methoxy groups -OCH3 is 2. The van der Waals surface area contributed by atoms with Crippen LogP contribution in [-0.2, 0) is 13.0 Å². The van der Waals surface area contributed by atoms with Gasteiger partial charge in [0.2, 0.25) is 0 Å². The van der Waals surface area contributed by atoms with Crippen molar-refractivity contribution in [2.45, 2.75) is 39.3 Å². The second-order valence-corrected chi connectivity index (χ2v) is 8.02. The molecule has 0 aliphatic rings. The van der Waals surface area contributed by atoms with Gasteiger partial charge in [0.05, 0.1) is 25.3 Å². The predicted octanol–water partition coefficient (Wildman–Crippen LogP) is 3.95. The van der Waals surface area contributed by atoms with E-state index in [0.717, 1.165) is 23.0 Å². The van der Waals surface area contributed by atoms with Crippen molar-refractivity contribution in [1.82, 2.24) is 19.9 Å². The molecule has 0 saturated carbocycles. The molecule has 8 nitrogen and oxygen atoms in total. The molecule has 3 N–H and O–H groups in total. The highest BCUT2D eigenvalue weighted by atomic mass is 16.5. The average molecular weight is 448 g/mol. The molecule has 0 aliphatic carbocycles. The van der Waals surface area contributed by atoms with Gasteiger partial charge in [-0.25, -0.2) is 9.97 Å². The minimum absolute atomic E-state index is 0.0236. The highest BCUT2D eigenvalue weighted by Crippen LogP contribution is 2.30. The van der Waals surface area contributed by atoms with E-state index in [-0.39, 0.29) is 11.9 Å². The van der Waals surface area contributed by atoms with Gasteiger partial charge in [0.1, 0.15) is 16.9 Å². The lowest BCUT2D eigenvalue weighted by Crippen LogP contribution is -2.32. The van der Waals surface area contributed by atoms with Gasteiger partial charge in [-0.3, -0.25) is 4.79 Å². The van der Waals surface area contributed by atoms with Crippen molar-refractivity contribution in [3.8, 4) is 11.5 Å². The molecular weight excluding hydrogens is 418 g/mol. The van der Waals surface area contributed by atoms with Crippen molar-refractivity contribution in [2.75, 3.05) is 20.0 Å². The van der Waals surface area contributed by atoms with Crippen LogP contribution in [0.3, 0.4) is 0 Å². The number of nitrogens with zero attached hydrogens (tertiary/aromatic N) is 3. The number of hydrogen-bond acceptors (Lipinski definition) is 6. The van der Waals surface area contributed by atoms with Crippen molar-refractivity contribution < 1.29 is 14.3 Å². The minimum atomic E-state index is -0.235. The highest BCUT2D eigenvalue weighted by Gasteiger charge is 2.24. The quantitative estimate of drug-likeness (QED) is 0.424. The van der Waals surface area contributed by atoms with E-state index in [1.54, 1.807) is 14.2 Å². The number of anilines is 1. The molecule has 2 aromatic heterocycles. The van der Waals surface area contributed by atoms with Gasteiger partial charge < -0.3 is 25.1 Å². The number of rotatable bonds is 8. The van der Waals surface area contributed by atoms with Crippen LogP contribution in [0.5, 0.6) is 11.5 Å². The van der Waals surface area contributed by atoms with Crippen LogP contribution in [0.25, 0.3) is 22.2 Å². The number of aryl methyl sites for hydroxylation is 2. The van der Waals surface area contributed by atoms with E-state index < -0.39 is 0 Å². The molecule has 1 atom stereocenters. The largest absolute Gasteiger partial charge is 0.493 e. The standard InChI is InChI=1S/C25H29N5O3/c1-5-15(2)27-25(31)21-22-24(29-18-9-7-6-8-17(18)28-22)30(23(21)26)13-12-16-10-11-19(32-3)20(14-16)33-4/h6-11,14-15H,5,12-13,26H2,1-4H3,(H,27,31)/t15-/m0/s1. The zero-order chi connectivity index (χ0) is 23.5. The third-order valence-corrected chi connectivity index (χ3v) is 5.88. The van der Waals surface area contributed by atoms with Crippen molar-refractivity contribution in [2.24, 2.45) is 0 Å². The Labute approximate surface area is 192 Å². The van der Waals surface area contributed by atoms with Gasteiger partial charge in [-0.05, 0) is 49.6 Å². The molecule has 0 radical (unpaired) electrons. The van der Waals surface area contributed by atoms with Gasteiger partial charge in [0, 0.05) is 12.6 Å². The maximum Gasteiger partial charge on any atom is 0.257 e. The summed E-state index contributed by atoms with van der Waals surface area (Å²) in [6.07, 6.45) is 1.48. The van der Waals surface area contributed by atoms with Crippen LogP contribution < -0.4 is 20.5 Å². The van der Waals surface area contributed by atoms with Crippen LogP contribution >= 0.6 is 0 Å². The summed E-state index contributed by atoms with van der Waals surface area (Å²) in [5.74, 6) is 1.47. The minimum Gasteiger partial charge on any atom is -0.493 e. The van der Waals surface area contributed by atoms with Crippen molar-refractivity contribution in [1.29, 1.82) is 0 Å². The molecule has 8 heteroatoms. The Hall–Kier alpha value is -3.81. The number of nitrogens with two attached hydrogens (primary N) is 1. The van der Waals surface area contributed by atoms with E-state index in [1.165, 1.54) is 0 Å². The summed E-state index contributed by atoms with van der Waals surface area (Å²) in [6, 6.07) is 13.4. The third-order valence-electron chi connectivity index (χ3n) is 5.88. The Kier molecular flexibility index (Phi) is 6.35. The SMILES string of the molecule is CC[C@H](C)NC(=O)c1c(N)n(CCc2ccc(OC)c(OC)c2)c2nc3ccccc3nc12. The van der Waals surface area contributed by atoms with Crippen molar-refractivity contribution >= 4 is 33.9 Å². The first-order valence-electron chi connectivity index (χ1n) is 11.0. The average Bonchev–Trinajstić information content (AvgIpc) is 3.10. The van der Waals surface area contributed by atoms with Gasteiger partial charge in [0.25, 0.3) is 5.91 Å². The zero-order valence-electron chi connectivity index (χ0n) is 19.4. The lowest BCUT2D eigenvalue weighted by Gasteiger charge is -2.12. The molecule has 2 aromatic carbocycles. The van der Waals surface area contributed by atoms with Crippen molar-refractivity contribution in [3.63, 3.8) is 0 Å². The zero-order valence-corrected chi connectivity index (χ0v) is 19.4. The summed E-state index contributed by atoms with van der Waals surface area (Å²) >= 11 is 0. The number of amides is 1. The van der Waals surface area contributed by atoms with Gasteiger partial charge >= 0.3 is 0 Å². The monoisotopic (exact) mass is 447 g/mol. The molecule has 0 bridgehead atoms. The molecule has 4 aromatic rings. The maximum atomic E-state index is 13.1. The molecule has 1 amide bonds. The Morgan fingerprint density at radius 3 is 2.45 bits per heavy atom. The number of carbonyl (C=O) groups excluding carboxylic acids is 1. The fourth-order valence-corrected chi connectivity index (χ4v) is 3.84. The molecule has 0 aliphatic heterocycles. The van der Waals surface area contributed by atoms with Crippen LogP contribution in [0.15, 0.2) is 42.5 Å². The second kappa shape index (κ2) is 9.36. The van der Waals surface area contributed by atoms with E-state index in [1.807, 2.05) is 60.9 Å². The van der Waals surface area contributed by atoms with Gasteiger partial charge in [-0.1, -0.05) is 25.1 Å². The van der Waals surface area contributed by atoms with Gasteiger partial charge in [-0.15, -0.1) is 0 Å². The molecule has 4 rings (SSSR count).